The van der Waals surface area contributed by atoms with Gasteiger partial charge in [0.25, 0.3) is 6.23 Å². The van der Waals surface area contributed by atoms with Gasteiger partial charge in [-0.3, -0.25) is 9.32 Å². The number of phosphoric acid groups is 1. The number of ketones is 1. The molecule has 1 fully saturated rings. The van der Waals surface area contributed by atoms with Crippen molar-refractivity contribution in [2.75, 3.05) is 6.61 Å². The first-order valence-corrected chi connectivity index (χ1v) is 7.95. The number of aromatic nitrogens is 1. The SMILES string of the molecule is CC(=O)c1ccc[n+]([C@@H]2O[C@H](COP(=O)(O)O)C(O)[C@@H]2O)c1. The first-order valence-electron chi connectivity index (χ1n) is 6.42. The molecule has 4 N–H and O–H groups in total. The first kappa shape index (κ1) is 17.2. The van der Waals surface area contributed by atoms with Crippen LogP contribution in [0.3, 0.4) is 0 Å². The average Bonchev–Trinajstić information content (AvgIpc) is 2.72. The number of carbonyl (C=O) groups is 1. The van der Waals surface area contributed by atoms with Gasteiger partial charge in [-0.1, -0.05) is 0 Å². The van der Waals surface area contributed by atoms with Crippen molar-refractivity contribution < 1.29 is 43.2 Å². The van der Waals surface area contributed by atoms with E-state index in [9.17, 15) is 19.6 Å². The van der Waals surface area contributed by atoms with E-state index in [-0.39, 0.29) is 5.78 Å². The number of hydrogen-bond donors (Lipinski definition) is 4. The molecule has 0 bridgehead atoms. The first-order chi connectivity index (χ1) is 10.2. The summed E-state index contributed by atoms with van der Waals surface area (Å²) >= 11 is 0. The number of rotatable bonds is 5. The molecule has 0 spiro atoms. The molecule has 4 atom stereocenters. The van der Waals surface area contributed by atoms with Crippen molar-refractivity contribution in [3.8, 4) is 0 Å². The summed E-state index contributed by atoms with van der Waals surface area (Å²) < 4.78 is 21.8. The number of Topliss-reactive ketones (excluding diaryl/α,β-unsaturated/α-hetero) is 1. The summed E-state index contributed by atoms with van der Waals surface area (Å²) in [5.74, 6) is -0.177. The number of hydrogen-bond acceptors (Lipinski definition) is 6. The van der Waals surface area contributed by atoms with Gasteiger partial charge in [0.2, 0.25) is 0 Å². The lowest BCUT2D eigenvalue weighted by Crippen LogP contribution is -2.46. The molecule has 9 nitrogen and oxygen atoms in total. The fraction of sp³-hybridized carbons (Fsp3) is 0.500. The zero-order chi connectivity index (χ0) is 16.5. The highest BCUT2D eigenvalue weighted by atomic mass is 31.2. The molecule has 1 aromatic rings. The number of pyridine rings is 1. The van der Waals surface area contributed by atoms with E-state index in [1.807, 2.05) is 0 Å². The van der Waals surface area contributed by atoms with Gasteiger partial charge in [-0.25, -0.2) is 4.57 Å². The van der Waals surface area contributed by atoms with E-state index < -0.39 is 39.0 Å². The maximum Gasteiger partial charge on any atom is 0.469 e. The van der Waals surface area contributed by atoms with Gasteiger partial charge in [0.15, 0.2) is 24.3 Å². The Hall–Kier alpha value is -1.19. The largest absolute Gasteiger partial charge is 0.469 e. The molecule has 2 rings (SSSR count). The fourth-order valence-electron chi connectivity index (χ4n) is 2.14. The van der Waals surface area contributed by atoms with Crippen LogP contribution in [0.1, 0.15) is 23.5 Å². The van der Waals surface area contributed by atoms with Crippen molar-refractivity contribution in [2.45, 2.75) is 31.5 Å². The van der Waals surface area contributed by atoms with E-state index in [4.69, 9.17) is 14.5 Å². The maximum absolute atomic E-state index is 11.4. The maximum atomic E-state index is 11.4. The van der Waals surface area contributed by atoms with E-state index in [2.05, 4.69) is 4.52 Å². The average molecular weight is 334 g/mol. The number of phosphoric ester groups is 1. The molecule has 2 heterocycles. The standard InChI is InChI=1S/C12H16NO8P/c1-7(14)8-3-2-4-13(5-8)12-11(16)10(15)9(21-12)6-20-22(17,18)19/h2-5,9-12,15-16H,6H2,1H3,(H-,17,18,19)/p+1/t9-,10?,11+,12-/m1/s1. The Kier molecular flexibility index (Phi) is 5.08. The summed E-state index contributed by atoms with van der Waals surface area (Å²) in [4.78, 5) is 28.7. The highest BCUT2D eigenvalue weighted by molar-refractivity contribution is 7.46. The van der Waals surface area contributed by atoms with Gasteiger partial charge in [0, 0.05) is 6.07 Å². The molecule has 0 aliphatic carbocycles. The molecule has 122 valence electrons. The molecule has 1 aromatic heterocycles. The second-order valence-electron chi connectivity index (χ2n) is 4.93. The number of aliphatic hydroxyl groups is 2. The molecular weight excluding hydrogens is 317 g/mol. The molecule has 1 aliphatic rings. The van der Waals surface area contributed by atoms with Gasteiger partial charge in [0.1, 0.15) is 12.2 Å². The quantitative estimate of drug-likeness (QED) is 0.303. The molecule has 1 aliphatic heterocycles. The van der Waals surface area contributed by atoms with Crippen LogP contribution in [0.15, 0.2) is 24.5 Å². The van der Waals surface area contributed by atoms with Crippen LogP contribution in [-0.2, 0) is 13.8 Å². The summed E-state index contributed by atoms with van der Waals surface area (Å²) in [7, 11) is -4.70. The number of nitrogens with zero attached hydrogens (tertiary/aromatic N) is 1. The normalized spacial score (nSPS) is 28.8. The van der Waals surface area contributed by atoms with Crippen LogP contribution in [0.4, 0.5) is 0 Å². The molecule has 0 amide bonds. The Morgan fingerprint density at radius 1 is 1.41 bits per heavy atom. The van der Waals surface area contributed by atoms with Gasteiger partial charge in [-0.2, -0.15) is 4.57 Å². The molecule has 0 radical (unpaired) electrons. The molecule has 1 unspecified atom stereocenters. The van der Waals surface area contributed by atoms with Gasteiger partial charge in [-0.15, -0.1) is 0 Å². The van der Waals surface area contributed by atoms with Crippen LogP contribution in [0, 0.1) is 0 Å². The molecule has 1 saturated heterocycles. The minimum Gasteiger partial charge on any atom is -0.387 e. The summed E-state index contributed by atoms with van der Waals surface area (Å²) in [5, 5.41) is 19.9. The Morgan fingerprint density at radius 2 is 2.09 bits per heavy atom. The van der Waals surface area contributed by atoms with Crippen LogP contribution in [-0.4, -0.2) is 50.7 Å². The van der Waals surface area contributed by atoms with Gasteiger partial charge in [0.05, 0.1) is 12.2 Å². The minimum absolute atomic E-state index is 0.177. The van der Waals surface area contributed by atoms with E-state index in [1.165, 1.54) is 17.7 Å². The van der Waals surface area contributed by atoms with Crippen molar-refractivity contribution in [1.29, 1.82) is 0 Å². The third-order valence-corrected chi connectivity index (χ3v) is 3.75. The van der Waals surface area contributed by atoms with Crippen molar-refractivity contribution in [3.05, 3.63) is 30.1 Å². The van der Waals surface area contributed by atoms with Gasteiger partial charge < -0.3 is 24.7 Å². The van der Waals surface area contributed by atoms with Crippen molar-refractivity contribution in [3.63, 3.8) is 0 Å². The summed E-state index contributed by atoms with van der Waals surface area (Å²) in [5.41, 5.74) is 0.391. The smallest absolute Gasteiger partial charge is 0.387 e. The fourth-order valence-corrected chi connectivity index (χ4v) is 2.48. The number of carbonyl (C=O) groups excluding carboxylic acids is 1. The Labute approximate surface area is 126 Å². The lowest BCUT2D eigenvalue weighted by molar-refractivity contribution is -0.765. The van der Waals surface area contributed by atoms with Gasteiger partial charge >= 0.3 is 7.82 Å². The highest BCUT2D eigenvalue weighted by Crippen LogP contribution is 2.37. The van der Waals surface area contributed by atoms with E-state index in [0.29, 0.717) is 5.56 Å². The van der Waals surface area contributed by atoms with E-state index in [1.54, 1.807) is 18.3 Å². The van der Waals surface area contributed by atoms with E-state index >= 15 is 0 Å². The third kappa shape index (κ3) is 3.96. The molecular formula is C12H17NO8P+. The highest BCUT2D eigenvalue weighted by Gasteiger charge is 2.48. The second-order valence-corrected chi connectivity index (χ2v) is 6.17. The van der Waals surface area contributed by atoms with Crippen LogP contribution in [0.2, 0.25) is 0 Å². The predicted octanol–water partition coefficient (Wildman–Crippen LogP) is -1.09. The van der Waals surface area contributed by atoms with Crippen LogP contribution >= 0.6 is 7.82 Å². The molecule has 0 aromatic carbocycles. The summed E-state index contributed by atoms with van der Waals surface area (Å²) in [6.45, 7) is 0.809. The Balaban J connectivity index is 2.14. The molecule has 22 heavy (non-hydrogen) atoms. The third-order valence-electron chi connectivity index (χ3n) is 3.27. The minimum atomic E-state index is -4.70. The zero-order valence-corrected chi connectivity index (χ0v) is 12.5. The van der Waals surface area contributed by atoms with Crippen molar-refractivity contribution >= 4 is 13.6 Å². The number of aliphatic hydroxyl groups excluding tert-OH is 2. The summed E-state index contributed by atoms with van der Waals surface area (Å²) in [6, 6.07) is 3.17. The second kappa shape index (κ2) is 6.51. The number of ether oxygens (including phenoxy) is 1. The van der Waals surface area contributed by atoms with Gasteiger partial charge in [-0.05, 0) is 13.0 Å². The monoisotopic (exact) mass is 334 g/mol. The van der Waals surface area contributed by atoms with E-state index in [0.717, 1.165) is 0 Å². The Bertz CT molecular complexity index is 603. The van der Waals surface area contributed by atoms with Crippen LogP contribution < -0.4 is 4.57 Å². The zero-order valence-electron chi connectivity index (χ0n) is 11.6. The van der Waals surface area contributed by atoms with Crippen molar-refractivity contribution in [2.24, 2.45) is 0 Å². The Morgan fingerprint density at radius 3 is 2.68 bits per heavy atom. The van der Waals surface area contributed by atoms with Crippen LogP contribution in [0.5, 0.6) is 0 Å². The molecule has 10 heteroatoms. The lowest BCUT2D eigenvalue weighted by atomic mass is 10.1. The topological polar surface area (TPSA) is 137 Å². The summed E-state index contributed by atoms with van der Waals surface area (Å²) in [6.07, 6.45) is -1.84. The molecule has 0 saturated carbocycles. The van der Waals surface area contributed by atoms with Crippen molar-refractivity contribution in [1.82, 2.24) is 0 Å². The predicted molar refractivity (Wildman–Crippen MR) is 70.6 cm³/mol. The lowest BCUT2D eigenvalue weighted by Gasteiger charge is -2.13. The van der Waals surface area contributed by atoms with Crippen LogP contribution in [0.25, 0.3) is 0 Å².